The summed E-state index contributed by atoms with van der Waals surface area (Å²) in [4.78, 5) is 4.38. The van der Waals surface area contributed by atoms with Crippen LogP contribution in [0.3, 0.4) is 0 Å². The van der Waals surface area contributed by atoms with Crippen LogP contribution in [-0.4, -0.2) is 37.9 Å². The van der Waals surface area contributed by atoms with Gasteiger partial charge in [0.05, 0.1) is 12.2 Å². The van der Waals surface area contributed by atoms with Crippen LogP contribution in [0.2, 0.25) is 5.02 Å². The molecule has 0 bridgehead atoms. The molecule has 1 aromatic heterocycles. The Morgan fingerprint density at radius 2 is 1.90 bits per heavy atom. The van der Waals surface area contributed by atoms with E-state index in [2.05, 4.69) is 40.7 Å². The van der Waals surface area contributed by atoms with Crippen LogP contribution in [-0.2, 0) is 16.7 Å². The molecule has 31 heavy (non-hydrogen) atoms. The number of aliphatic imine (C=N–C) groups is 1. The van der Waals surface area contributed by atoms with Gasteiger partial charge in [0.1, 0.15) is 0 Å². The molecule has 1 saturated heterocycles. The Balaban J connectivity index is 0.00000341. The van der Waals surface area contributed by atoms with Crippen molar-refractivity contribution >= 4 is 41.5 Å². The van der Waals surface area contributed by atoms with Gasteiger partial charge in [0.25, 0.3) is 0 Å². The maximum absolute atomic E-state index is 6.56. The summed E-state index contributed by atoms with van der Waals surface area (Å²) in [5.74, 6) is 1.99. The third kappa shape index (κ3) is 6.58. The molecule has 6 nitrogen and oxygen atoms in total. The fourth-order valence-electron chi connectivity index (χ4n) is 4.15. The van der Waals surface area contributed by atoms with Gasteiger partial charge in [0.15, 0.2) is 11.7 Å². The summed E-state index contributed by atoms with van der Waals surface area (Å²) in [6.07, 6.45) is 3.96. The van der Waals surface area contributed by atoms with Gasteiger partial charge in [0.2, 0.25) is 0 Å². The molecule has 8 heteroatoms. The van der Waals surface area contributed by atoms with Gasteiger partial charge in [0, 0.05) is 49.2 Å². The molecule has 0 aliphatic carbocycles. The smallest absolute Gasteiger partial charge is 0.191 e. The van der Waals surface area contributed by atoms with Crippen molar-refractivity contribution in [2.45, 2.75) is 57.4 Å². The van der Waals surface area contributed by atoms with Gasteiger partial charge in [-0.05, 0) is 37.3 Å². The van der Waals surface area contributed by atoms with Crippen molar-refractivity contribution in [3.05, 3.63) is 52.4 Å². The van der Waals surface area contributed by atoms with E-state index in [1.54, 1.807) is 7.05 Å². The highest BCUT2D eigenvalue weighted by Gasteiger charge is 2.36. The molecule has 3 rings (SSSR count). The molecule has 172 valence electrons. The van der Waals surface area contributed by atoms with E-state index in [1.807, 2.05) is 24.3 Å². The standard InChI is InChI=1S/C23H33ClN4O2.HI/c1-4-17(5-2)21-14-18(30-28-21)15-26-22(25-3)27-16-23(10-12-29-13-11-23)19-8-6-7-9-20(19)24;/h6-9,14,17H,4-5,10-13,15-16H2,1-3H3,(H2,25,26,27);1H. The quantitative estimate of drug-likeness (QED) is 0.262. The Labute approximate surface area is 207 Å². The third-order valence-electron chi connectivity index (χ3n) is 6.12. The molecule has 2 aromatic rings. The van der Waals surface area contributed by atoms with Crippen LogP contribution in [0.5, 0.6) is 0 Å². The second kappa shape index (κ2) is 12.6. The van der Waals surface area contributed by atoms with Crippen molar-refractivity contribution in [1.29, 1.82) is 0 Å². The van der Waals surface area contributed by atoms with Crippen LogP contribution < -0.4 is 10.6 Å². The van der Waals surface area contributed by atoms with E-state index in [9.17, 15) is 0 Å². The van der Waals surface area contributed by atoms with Crippen molar-refractivity contribution in [3.8, 4) is 0 Å². The molecular weight excluding hydrogens is 527 g/mol. The Morgan fingerprint density at radius 3 is 2.55 bits per heavy atom. The van der Waals surface area contributed by atoms with Gasteiger partial charge in [-0.15, -0.1) is 24.0 Å². The molecule has 1 aliphatic rings. The second-order valence-electron chi connectivity index (χ2n) is 7.88. The first-order valence-corrected chi connectivity index (χ1v) is 11.2. The van der Waals surface area contributed by atoms with Crippen LogP contribution in [0.25, 0.3) is 0 Å². The van der Waals surface area contributed by atoms with Gasteiger partial charge < -0.3 is 19.9 Å². The zero-order valence-corrected chi connectivity index (χ0v) is 21.7. The monoisotopic (exact) mass is 560 g/mol. The van der Waals surface area contributed by atoms with Gasteiger partial charge in [-0.3, -0.25) is 4.99 Å². The minimum Gasteiger partial charge on any atom is -0.381 e. The number of rotatable bonds is 8. The van der Waals surface area contributed by atoms with E-state index < -0.39 is 0 Å². The summed E-state index contributed by atoms with van der Waals surface area (Å²) >= 11 is 6.56. The predicted octanol–water partition coefficient (Wildman–Crippen LogP) is 5.26. The highest BCUT2D eigenvalue weighted by Crippen LogP contribution is 2.38. The molecule has 2 heterocycles. The van der Waals surface area contributed by atoms with E-state index in [1.165, 1.54) is 5.56 Å². The molecule has 2 N–H and O–H groups in total. The van der Waals surface area contributed by atoms with E-state index in [4.69, 9.17) is 20.9 Å². The molecule has 0 atom stereocenters. The Bertz CT molecular complexity index is 832. The van der Waals surface area contributed by atoms with E-state index in [0.717, 1.165) is 67.9 Å². The molecule has 0 saturated carbocycles. The maximum Gasteiger partial charge on any atom is 0.191 e. The van der Waals surface area contributed by atoms with Crippen LogP contribution >= 0.6 is 35.6 Å². The van der Waals surface area contributed by atoms with Crippen molar-refractivity contribution in [2.24, 2.45) is 4.99 Å². The number of nitrogens with zero attached hydrogens (tertiary/aromatic N) is 2. The van der Waals surface area contributed by atoms with Gasteiger partial charge >= 0.3 is 0 Å². The fourth-order valence-corrected chi connectivity index (χ4v) is 4.49. The van der Waals surface area contributed by atoms with Crippen LogP contribution in [0.1, 0.15) is 62.5 Å². The first-order valence-electron chi connectivity index (χ1n) is 10.8. The average molecular weight is 561 g/mol. The molecule has 0 unspecified atom stereocenters. The number of halogens is 2. The molecule has 0 spiro atoms. The number of guanidine groups is 1. The predicted molar refractivity (Wildman–Crippen MR) is 137 cm³/mol. The molecule has 0 amide bonds. The first kappa shape index (κ1) is 25.9. The topological polar surface area (TPSA) is 71.7 Å². The third-order valence-corrected chi connectivity index (χ3v) is 6.45. The summed E-state index contributed by atoms with van der Waals surface area (Å²) in [7, 11) is 1.78. The van der Waals surface area contributed by atoms with Gasteiger partial charge in [-0.2, -0.15) is 0 Å². The summed E-state index contributed by atoms with van der Waals surface area (Å²) in [5, 5.41) is 11.9. The summed E-state index contributed by atoms with van der Waals surface area (Å²) in [6.45, 7) is 7.09. The summed E-state index contributed by atoms with van der Waals surface area (Å²) in [6, 6.07) is 10.1. The zero-order chi connectivity index (χ0) is 21.4. The first-order chi connectivity index (χ1) is 14.6. The van der Waals surface area contributed by atoms with E-state index in [-0.39, 0.29) is 29.4 Å². The highest BCUT2D eigenvalue weighted by molar-refractivity contribution is 14.0. The summed E-state index contributed by atoms with van der Waals surface area (Å²) < 4.78 is 11.1. The van der Waals surface area contributed by atoms with E-state index in [0.29, 0.717) is 12.5 Å². The molecule has 1 aromatic carbocycles. The SMILES string of the molecule is CCC(CC)c1cc(CNC(=NC)NCC2(c3ccccc3Cl)CCOCC2)on1.I. The number of aromatic nitrogens is 1. The van der Waals surface area contributed by atoms with Crippen LogP contribution in [0, 0.1) is 0 Å². The van der Waals surface area contributed by atoms with E-state index >= 15 is 0 Å². The lowest BCUT2D eigenvalue weighted by Gasteiger charge is -2.38. The average Bonchev–Trinajstić information content (AvgIpc) is 3.24. The minimum atomic E-state index is -0.0803. The van der Waals surface area contributed by atoms with Crippen molar-refractivity contribution in [3.63, 3.8) is 0 Å². The molecule has 1 fully saturated rings. The lowest BCUT2D eigenvalue weighted by Crippen LogP contribution is -2.48. The highest BCUT2D eigenvalue weighted by atomic mass is 127. The lowest BCUT2D eigenvalue weighted by atomic mass is 9.74. The van der Waals surface area contributed by atoms with Crippen LogP contribution in [0.15, 0.2) is 39.8 Å². The largest absolute Gasteiger partial charge is 0.381 e. The van der Waals surface area contributed by atoms with Gasteiger partial charge in [-0.1, -0.05) is 48.8 Å². The molecule has 0 radical (unpaired) electrons. The Morgan fingerprint density at radius 1 is 1.19 bits per heavy atom. The number of benzene rings is 1. The van der Waals surface area contributed by atoms with Crippen molar-refractivity contribution < 1.29 is 9.26 Å². The Hall–Kier alpha value is -1.32. The zero-order valence-electron chi connectivity index (χ0n) is 18.6. The van der Waals surface area contributed by atoms with Crippen LogP contribution in [0.4, 0.5) is 0 Å². The van der Waals surface area contributed by atoms with Gasteiger partial charge in [-0.25, -0.2) is 0 Å². The fraction of sp³-hybridized carbons (Fsp3) is 0.565. The lowest BCUT2D eigenvalue weighted by molar-refractivity contribution is 0.0514. The Kier molecular flexibility index (Phi) is 10.6. The number of hydrogen-bond acceptors (Lipinski definition) is 4. The normalized spacial score (nSPS) is 16.1. The second-order valence-corrected chi connectivity index (χ2v) is 8.29. The molecule has 1 aliphatic heterocycles. The number of ether oxygens (including phenoxy) is 1. The van der Waals surface area contributed by atoms with Crippen molar-refractivity contribution in [1.82, 2.24) is 15.8 Å². The minimum absolute atomic E-state index is 0. The molecular formula is C23H34ClIN4O2. The summed E-state index contributed by atoms with van der Waals surface area (Å²) in [5.41, 5.74) is 2.12. The number of hydrogen-bond donors (Lipinski definition) is 2. The maximum atomic E-state index is 6.56. The van der Waals surface area contributed by atoms with Crippen molar-refractivity contribution in [2.75, 3.05) is 26.8 Å². The number of nitrogens with one attached hydrogen (secondary N) is 2.